The van der Waals surface area contributed by atoms with Crippen molar-refractivity contribution in [2.24, 2.45) is 0 Å². The van der Waals surface area contributed by atoms with Crippen LogP contribution in [0.1, 0.15) is 32.1 Å². The summed E-state index contributed by atoms with van der Waals surface area (Å²) in [4.78, 5) is 33.3. The number of nitrogens with one attached hydrogen (secondary N) is 1. The molecule has 0 amide bonds. The number of anilines is 1. The second kappa shape index (κ2) is 7.96. The van der Waals surface area contributed by atoms with Crippen LogP contribution in [0.2, 0.25) is 0 Å². The van der Waals surface area contributed by atoms with Crippen LogP contribution in [0.3, 0.4) is 0 Å². The Morgan fingerprint density at radius 1 is 0.931 bits per heavy atom. The minimum atomic E-state index is -3.40. The summed E-state index contributed by atoms with van der Waals surface area (Å²) in [5, 5.41) is 0. The highest BCUT2D eigenvalue weighted by Crippen LogP contribution is 2.16. The molecule has 0 aliphatic carbocycles. The number of rotatable bonds is 6. The minimum Gasteiger partial charge on any atom is -0.454 e. The van der Waals surface area contributed by atoms with Crippen molar-refractivity contribution in [3.8, 4) is 0 Å². The van der Waals surface area contributed by atoms with Crippen LogP contribution in [0.15, 0.2) is 42.5 Å². The van der Waals surface area contributed by atoms with Crippen molar-refractivity contribution in [1.82, 2.24) is 9.97 Å². The van der Waals surface area contributed by atoms with Crippen molar-refractivity contribution in [2.45, 2.75) is 13.8 Å². The van der Waals surface area contributed by atoms with E-state index in [0.29, 0.717) is 22.3 Å². The second-order valence-electron chi connectivity index (χ2n) is 6.55. The summed E-state index contributed by atoms with van der Waals surface area (Å²) < 4.78 is 29.8. The molecular formula is C20H19N3O5S. The number of sulfonamides is 1. The highest BCUT2D eigenvalue weighted by atomic mass is 32.2. The van der Waals surface area contributed by atoms with Crippen LogP contribution >= 0.6 is 0 Å². The van der Waals surface area contributed by atoms with E-state index in [0.717, 1.165) is 17.6 Å². The molecule has 0 saturated carbocycles. The Hall–Kier alpha value is -3.33. The number of aromatic nitrogens is 2. The Kier molecular flexibility index (Phi) is 5.60. The molecule has 0 aliphatic heterocycles. The predicted octanol–water partition coefficient (Wildman–Crippen LogP) is 2.66. The molecule has 3 rings (SSSR count). The van der Waals surface area contributed by atoms with E-state index >= 15 is 0 Å². The molecule has 0 atom stereocenters. The third kappa shape index (κ3) is 5.14. The topological polar surface area (TPSA) is 115 Å². The molecule has 1 heterocycles. The number of carbonyl (C=O) groups excluding carboxylic acids is 2. The van der Waals surface area contributed by atoms with Gasteiger partial charge in [-0.25, -0.2) is 23.2 Å². The molecule has 1 N–H and O–H groups in total. The molecule has 0 aliphatic rings. The fourth-order valence-electron chi connectivity index (χ4n) is 2.59. The number of Topliss-reactive ketones (excluding diaryl/α,β-unsaturated/α-hetero) is 1. The lowest BCUT2D eigenvalue weighted by Crippen LogP contribution is -2.14. The van der Waals surface area contributed by atoms with Gasteiger partial charge in [0.1, 0.15) is 0 Å². The quantitative estimate of drug-likeness (QED) is 0.488. The smallest absolute Gasteiger partial charge is 0.338 e. The first-order valence-electron chi connectivity index (χ1n) is 8.65. The van der Waals surface area contributed by atoms with E-state index in [-0.39, 0.29) is 5.56 Å². The summed E-state index contributed by atoms with van der Waals surface area (Å²) in [6, 6.07) is 10.7. The molecule has 150 valence electrons. The molecular weight excluding hydrogens is 394 g/mol. The van der Waals surface area contributed by atoms with Crippen molar-refractivity contribution >= 4 is 38.5 Å². The maximum atomic E-state index is 12.3. The lowest BCUT2D eigenvalue weighted by molar-refractivity contribution is 0.0475. The van der Waals surface area contributed by atoms with Gasteiger partial charge in [-0.1, -0.05) is 0 Å². The Bertz CT molecular complexity index is 1200. The van der Waals surface area contributed by atoms with E-state index in [4.69, 9.17) is 4.74 Å². The van der Waals surface area contributed by atoms with Gasteiger partial charge in [-0.3, -0.25) is 9.52 Å². The number of aryl methyl sites for hydroxylation is 2. The summed E-state index contributed by atoms with van der Waals surface area (Å²) in [6.07, 6.45) is 1.03. The normalized spacial score (nSPS) is 11.3. The van der Waals surface area contributed by atoms with E-state index < -0.39 is 28.4 Å². The Balaban J connectivity index is 1.66. The van der Waals surface area contributed by atoms with Crippen LogP contribution in [0, 0.1) is 13.8 Å². The number of esters is 1. The van der Waals surface area contributed by atoms with Crippen LogP contribution in [0.25, 0.3) is 11.0 Å². The van der Waals surface area contributed by atoms with E-state index in [1.54, 1.807) is 18.2 Å². The van der Waals surface area contributed by atoms with Crippen molar-refractivity contribution in [3.63, 3.8) is 0 Å². The maximum absolute atomic E-state index is 12.3. The van der Waals surface area contributed by atoms with Gasteiger partial charge < -0.3 is 4.74 Å². The SMILES string of the molecule is Cc1nc2ccc(C(=O)OCC(=O)c3ccc(NS(C)(=O)=O)cc3)cc2nc1C. The Morgan fingerprint density at radius 2 is 1.52 bits per heavy atom. The molecule has 8 nitrogen and oxygen atoms in total. The van der Waals surface area contributed by atoms with Crippen LogP contribution < -0.4 is 4.72 Å². The van der Waals surface area contributed by atoms with Crippen molar-refractivity contribution < 1.29 is 22.7 Å². The van der Waals surface area contributed by atoms with E-state index in [1.807, 2.05) is 13.8 Å². The molecule has 3 aromatic rings. The van der Waals surface area contributed by atoms with Gasteiger partial charge >= 0.3 is 5.97 Å². The number of benzene rings is 2. The van der Waals surface area contributed by atoms with Gasteiger partial charge in [0, 0.05) is 11.3 Å². The molecule has 0 saturated heterocycles. The number of nitrogens with zero attached hydrogens (tertiary/aromatic N) is 2. The highest BCUT2D eigenvalue weighted by Gasteiger charge is 2.14. The van der Waals surface area contributed by atoms with Gasteiger partial charge in [-0.05, 0) is 56.3 Å². The van der Waals surface area contributed by atoms with Crippen LogP contribution in [0.5, 0.6) is 0 Å². The molecule has 9 heteroatoms. The van der Waals surface area contributed by atoms with Crippen molar-refractivity contribution in [3.05, 3.63) is 65.0 Å². The Morgan fingerprint density at radius 3 is 2.14 bits per heavy atom. The minimum absolute atomic E-state index is 0.274. The first-order valence-corrected chi connectivity index (χ1v) is 10.5. The van der Waals surface area contributed by atoms with Gasteiger partial charge in [0.25, 0.3) is 0 Å². The van der Waals surface area contributed by atoms with Gasteiger partial charge in [-0.2, -0.15) is 0 Å². The number of hydrogen-bond acceptors (Lipinski definition) is 7. The molecule has 0 spiro atoms. The van der Waals surface area contributed by atoms with Gasteiger partial charge in [-0.15, -0.1) is 0 Å². The maximum Gasteiger partial charge on any atom is 0.338 e. The average molecular weight is 413 g/mol. The van der Waals surface area contributed by atoms with Crippen LogP contribution in [0.4, 0.5) is 5.69 Å². The van der Waals surface area contributed by atoms with Gasteiger partial charge in [0.05, 0.1) is 34.2 Å². The second-order valence-corrected chi connectivity index (χ2v) is 8.30. The third-order valence-electron chi connectivity index (χ3n) is 4.16. The molecule has 29 heavy (non-hydrogen) atoms. The first kappa shape index (κ1) is 20.4. The molecule has 0 fully saturated rings. The fourth-order valence-corrected chi connectivity index (χ4v) is 3.16. The number of hydrogen-bond donors (Lipinski definition) is 1. The molecule has 1 aromatic heterocycles. The zero-order valence-corrected chi connectivity index (χ0v) is 16.9. The lowest BCUT2D eigenvalue weighted by atomic mass is 10.1. The predicted molar refractivity (Wildman–Crippen MR) is 109 cm³/mol. The summed E-state index contributed by atoms with van der Waals surface area (Å²) in [6.45, 7) is 3.26. The first-order chi connectivity index (χ1) is 13.6. The number of ketones is 1. The fraction of sp³-hybridized carbons (Fsp3) is 0.200. The van der Waals surface area contributed by atoms with E-state index in [9.17, 15) is 18.0 Å². The van der Waals surface area contributed by atoms with Gasteiger partial charge in [0.15, 0.2) is 12.4 Å². The third-order valence-corrected chi connectivity index (χ3v) is 4.76. The summed E-state index contributed by atoms with van der Waals surface area (Å²) in [5.74, 6) is -1.05. The Labute approximate surface area is 168 Å². The summed E-state index contributed by atoms with van der Waals surface area (Å²) in [5.41, 5.74) is 3.74. The van der Waals surface area contributed by atoms with Crippen LogP contribution in [-0.4, -0.2) is 43.0 Å². The van der Waals surface area contributed by atoms with Crippen LogP contribution in [-0.2, 0) is 14.8 Å². The number of carbonyl (C=O) groups is 2. The van der Waals surface area contributed by atoms with Crippen molar-refractivity contribution in [1.29, 1.82) is 0 Å². The summed E-state index contributed by atoms with van der Waals surface area (Å²) >= 11 is 0. The number of ether oxygens (including phenoxy) is 1. The lowest BCUT2D eigenvalue weighted by Gasteiger charge is -2.07. The van der Waals surface area contributed by atoms with E-state index in [1.165, 1.54) is 24.3 Å². The van der Waals surface area contributed by atoms with E-state index in [2.05, 4.69) is 14.7 Å². The average Bonchev–Trinajstić information content (AvgIpc) is 2.65. The molecule has 0 radical (unpaired) electrons. The zero-order valence-electron chi connectivity index (χ0n) is 16.1. The van der Waals surface area contributed by atoms with Gasteiger partial charge in [0.2, 0.25) is 10.0 Å². The molecule has 0 unspecified atom stereocenters. The number of fused-ring (bicyclic) bond motifs is 1. The molecule has 0 bridgehead atoms. The summed E-state index contributed by atoms with van der Waals surface area (Å²) in [7, 11) is -3.40. The zero-order chi connectivity index (χ0) is 21.2. The largest absolute Gasteiger partial charge is 0.454 e. The standard InChI is InChI=1S/C20H19N3O5S/c1-12-13(2)22-18-10-15(6-9-17(18)21-12)20(25)28-11-19(24)14-4-7-16(8-5-14)23-29(3,26)27/h4-10,23H,11H2,1-3H3. The monoisotopic (exact) mass is 413 g/mol. The highest BCUT2D eigenvalue weighted by molar-refractivity contribution is 7.92. The van der Waals surface area contributed by atoms with Crippen molar-refractivity contribution in [2.75, 3.05) is 17.6 Å². The molecule has 2 aromatic carbocycles.